The number of halogens is 1. The van der Waals surface area contributed by atoms with Gasteiger partial charge in [0.15, 0.2) is 11.6 Å². The van der Waals surface area contributed by atoms with Gasteiger partial charge in [0, 0.05) is 54.3 Å². The average molecular weight is 423 g/mol. The van der Waals surface area contributed by atoms with Crippen LogP contribution in [0.2, 0.25) is 0 Å². The molecule has 31 heavy (non-hydrogen) atoms. The number of hydrogen-bond acceptors (Lipinski definition) is 5. The highest BCUT2D eigenvalue weighted by atomic mass is 19.1. The number of nitrogens with two attached hydrogens (primary N) is 1. The van der Waals surface area contributed by atoms with Crippen molar-refractivity contribution < 1.29 is 4.39 Å². The molecule has 4 N–H and O–H groups in total. The number of aliphatic imine (C=N–C) groups is 1. The predicted molar refractivity (Wildman–Crippen MR) is 128 cm³/mol. The number of nitrogens with zero attached hydrogens (tertiary/aromatic N) is 3. The molecule has 1 fully saturated rings. The third-order valence-electron chi connectivity index (χ3n) is 5.35. The number of likely N-dealkylation sites (tertiary alicyclic amines) is 1. The zero-order chi connectivity index (χ0) is 22.5. The maximum Gasteiger partial charge on any atom is 0.166 e. The van der Waals surface area contributed by atoms with Gasteiger partial charge in [0.25, 0.3) is 0 Å². The quantitative estimate of drug-likeness (QED) is 0.459. The molecule has 2 aliphatic rings. The van der Waals surface area contributed by atoms with Crippen LogP contribution in [0.4, 0.5) is 16.0 Å². The molecule has 1 aromatic heterocycles. The van der Waals surface area contributed by atoms with Crippen LogP contribution in [0.1, 0.15) is 32.3 Å². The minimum atomic E-state index is -0.487. The second kappa shape index (κ2) is 9.64. The minimum Gasteiger partial charge on any atom is -0.399 e. The second-order valence-corrected chi connectivity index (χ2v) is 7.63. The summed E-state index contributed by atoms with van der Waals surface area (Å²) in [6, 6.07) is 1.34. The number of aromatic nitrogens is 1. The van der Waals surface area contributed by atoms with E-state index in [0.29, 0.717) is 17.9 Å². The van der Waals surface area contributed by atoms with Crippen LogP contribution >= 0.6 is 0 Å². The van der Waals surface area contributed by atoms with Gasteiger partial charge in [0.2, 0.25) is 0 Å². The topological polar surface area (TPSA) is 78.6 Å². The molecule has 0 saturated carbocycles. The monoisotopic (exact) mass is 422 g/mol. The first-order valence-electron chi connectivity index (χ1n) is 10.6. The summed E-state index contributed by atoms with van der Waals surface area (Å²) in [5.74, 6) is 1.19. The Labute approximate surface area is 183 Å². The summed E-state index contributed by atoms with van der Waals surface area (Å²) in [7, 11) is 1.62. The number of nitrogens with one attached hydrogen (secondary N) is 2. The molecule has 0 aromatic carbocycles. The Morgan fingerprint density at radius 2 is 2.19 bits per heavy atom. The van der Waals surface area contributed by atoms with Crippen molar-refractivity contribution in [2.45, 2.75) is 26.7 Å². The van der Waals surface area contributed by atoms with Gasteiger partial charge in [-0.25, -0.2) is 9.37 Å². The maximum atomic E-state index is 14.2. The molecule has 3 rings (SSSR count). The molecule has 0 bridgehead atoms. The summed E-state index contributed by atoms with van der Waals surface area (Å²) in [5.41, 5.74) is 9.53. The largest absolute Gasteiger partial charge is 0.399 e. The van der Waals surface area contributed by atoms with Crippen molar-refractivity contribution in [1.82, 2.24) is 9.88 Å². The van der Waals surface area contributed by atoms with Crippen LogP contribution in [-0.4, -0.2) is 35.9 Å². The highest BCUT2D eigenvalue weighted by molar-refractivity contribution is 6.01. The van der Waals surface area contributed by atoms with Gasteiger partial charge in [-0.1, -0.05) is 32.2 Å². The summed E-state index contributed by atoms with van der Waals surface area (Å²) in [4.78, 5) is 11.4. The number of rotatable bonds is 6. The Balaban J connectivity index is 2.02. The smallest absolute Gasteiger partial charge is 0.166 e. The van der Waals surface area contributed by atoms with Crippen LogP contribution in [0.5, 0.6) is 0 Å². The van der Waals surface area contributed by atoms with E-state index >= 15 is 0 Å². The van der Waals surface area contributed by atoms with Crippen LogP contribution in [0, 0.1) is 11.7 Å². The van der Waals surface area contributed by atoms with Gasteiger partial charge < -0.3 is 21.3 Å². The molecule has 1 aliphatic heterocycles. The lowest BCUT2D eigenvalue weighted by Gasteiger charge is -2.26. The molecule has 164 valence electrons. The van der Waals surface area contributed by atoms with Crippen molar-refractivity contribution in [3.63, 3.8) is 0 Å². The lowest BCUT2D eigenvalue weighted by molar-refractivity contribution is 0.580. The Kier molecular flexibility index (Phi) is 6.95. The molecule has 0 amide bonds. The van der Waals surface area contributed by atoms with E-state index < -0.39 is 5.82 Å². The van der Waals surface area contributed by atoms with Gasteiger partial charge >= 0.3 is 0 Å². The van der Waals surface area contributed by atoms with Crippen molar-refractivity contribution >= 4 is 23.2 Å². The second-order valence-electron chi connectivity index (χ2n) is 7.63. The molecule has 0 spiro atoms. The van der Waals surface area contributed by atoms with Crippen molar-refractivity contribution in [3.8, 4) is 0 Å². The summed E-state index contributed by atoms with van der Waals surface area (Å²) in [6.45, 7) is 13.8. The van der Waals surface area contributed by atoms with E-state index in [0.717, 1.165) is 42.2 Å². The van der Waals surface area contributed by atoms with Crippen molar-refractivity contribution in [3.05, 3.63) is 71.9 Å². The number of pyridine rings is 1. The molecule has 1 aromatic rings. The molecular formula is C24H31FN6. The third kappa shape index (κ3) is 4.87. The van der Waals surface area contributed by atoms with Gasteiger partial charge in [-0.15, -0.1) is 0 Å². The number of anilines is 2. The lowest BCUT2D eigenvalue weighted by Crippen LogP contribution is -2.30. The van der Waals surface area contributed by atoms with Crippen molar-refractivity contribution in [1.29, 1.82) is 0 Å². The zero-order valence-electron chi connectivity index (χ0n) is 18.5. The summed E-state index contributed by atoms with van der Waals surface area (Å²) in [6.07, 6.45) is 10.2. The highest BCUT2D eigenvalue weighted by Crippen LogP contribution is 2.30. The highest BCUT2D eigenvalue weighted by Gasteiger charge is 2.26. The minimum absolute atomic E-state index is 0.136. The summed E-state index contributed by atoms with van der Waals surface area (Å²) in [5, 5.41) is 6.06. The van der Waals surface area contributed by atoms with E-state index in [-0.39, 0.29) is 17.4 Å². The van der Waals surface area contributed by atoms with Gasteiger partial charge in [-0.3, -0.25) is 4.99 Å². The van der Waals surface area contributed by atoms with Crippen LogP contribution in [0.15, 0.2) is 65.5 Å². The van der Waals surface area contributed by atoms with E-state index in [1.54, 1.807) is 7.05 Å². The Hall–Kier alpha value is -3.35. The maximum absolute atomic E-state index is 14.2. The SMILES string of the molecule is C=C(N)c1cc(F)c(NC)nc1NC1=CC=CC(C)C(/C(=N\CC)N2CCCC2=C)=C1. The standard InChI is InChI=1S/C24H31FN6/c1-6-28-24(31-12-8-10-16(31)3)19-13-18(11-7-9-15(19)2)29-22-20(17(4)26)14-21(25)23(27-5)30-22/h7,9,11,13-15H,3-4,6,8,10,12,26H2,1-2,5H3,(H2,27,29,30)/b28-24+. The first-order chi connectivity index (χ1) is 14.8. The fourth-order valence-electron chi connectivity index (χ4n) is 3.74. The van der Waals surface area contributed by atoms with E-state index in [4.69, 9.17) is 10.7 Å². The molecule has 1 aliphatic carbocycles. The molecule has 1 saturated heterocycles. The third-order valence-corrected chi connectivity index (χ3v) is 5.35. The number of allylic oxidation sites excluding steroid dienone is 5. The van der Waals surface area contributed by atoms with Gasteiger partial charge in [0.1, 0.15) is 11.7 Å². The predicted octanol–water partition coefficient (Wildman–Crippen LogP) is 4.65. The molecular weight excluding hydrogens is 391 g/mol. The van der Waals surface area contributed by atoms with Crippen molar-refractivity contribution in [2.24, 2.45) is 16.6 Å². The summed E-state index contributed by atoms with van der Waals surface area (Å²) >= 11 is 0. The molecule has 1 unspecified atom stereocenters. The summed E-state index contributed by atoms with van der Waals surface area (Å²) < 4.78 is 14.2. The van der Waals surface area contributed by atoms with E-state index in [2.05, 4.69) is 52.8 Å². The molecule has 0 radical (unpaired) electrons. The van der Waals surface area contributed by atoms with Crippen LogP contribution in [-0.2, 0) is 0 Å². The molecule has 1 atom stereocenters. The normalized spacial score (nSPS) is 19.1. The van der Waals surface area contributed by atoms with Gasteiger partial charge in [0.05, 0.1) is 0 Å². The molecule has 2 heterocycles. The van der Waals surface area contributed by atoms with Crippen LogP contribution < -0.4 is 16.4 Å². The van der Waals surface area contributed by atoms with Crippen LogP contribution in [0.25, 0.3) is 5.70 Å². The average Bonchev–Trinajstić information content (AvgIpc) is 3.07. The zero-order valence-corrected chi connectivity index (χ0v) is 18.5. The Morgan fingerprint density at radius 3 is 2.81 bits per heavy atom. The van der Waals surface area contributed by atoms with E-state index in [9.17, 15) is 4.39 Å². The van der Waals surface area contributed by atoms with E-state index in [1.807, 2.05) is 19.1 Å². The lowest BCUT2D eigenvalue weighted by atomic mass is 9.98. The fourth-order valence-corrected chi connectivity index (χ4v) is 3.74. The molecule has 7 heteroatoms. The number of hydrogen-bond donors (Lipinski definition) is 3. The fraction of sp³-hybridized carbons (Fsp3) is 0.333. The Morgan fingerprint density at radius 1 is 1.42 bits per heavy atom. The van der Waals surface area contributed by atoms with Gasteiger partial charge in [-0.2, -0.15) is 0 Å². The Bertz CT molecular complexity index is 1000. The van der Waals surface area contributed by atoms with Crippen LogP contribution in [0.3, 0.4) is 0 Å². The van der Waals surface area contributed by atoms with Gasteiger partial charge in [-0.05, 0) is 38.0 Å². The number of amidine groups is 1. The van der Waals surface area contributed by atoms with Crippen molar-refractivity contribution in [2.75, 3.05) is 30.8 Å². The van der Waals surface area contributed by atoms with E-state index in [1.165, 1.54) is 6.07 Å². The first kappa shape index (κ1) is 22.3. The first-order valence-corrected chi connectivity index (χ1v) is 10.6. The molecule has 6 nitrogen and oxygen atoms in total.